The number of likely N-dealkylation sites (N-methyl/N-ethyl adjacent to an activating group) is 1. The Bertz CT molecular complexity index is 867. The average Bonchev–Trinajstić information content (AvgIpc) is 3.16. The summed E-state index contributed by atoms with van der Waals surface area (Å²) < 4.78 is 0. The molecule has 0 spiro atoms. The molecule has 0 amide bonds. The molecule has 1 atom stereocenters. The highest BCUT2D eigenvalue weighted by molar-refractivity contribution is 5.74. The highest BCUT2D eigenvalue weighted by Gasteiger charge is 2.25. The van der Waals surface area contributed by atoms with E-state index in [2.05, 4.69) is 55.9 Å². The molecule has 0 radical (unpaired) electrons. The Morgan fingerprint density at radius 2 is 1.89 bits per heavy atom. The number of likely N-dealkylation sites (tertiary alicyclic amines) is 1. The number of hydrogen-bond acceptors (Lipinski definition) is 5. The van der Waals surface area contributed by atoms with Crippen molar-refractivity contribution in [1.82, 2.24) is 24.8 Å². The van der Waals surface area contributed by atoms with Crippen LogP contribution in [0.1, 0.15) is 30.9 Å². The third kappa shape index (κ3) is 4.49. The SMILES string of the molecule is CCN1CCCC1CN(Cc1cccnc1)Cc1ccc2nccnc2c1. The first kappa shape index (κ1) is 18.0. The normalized spacial score (nSPS) is 17.8. The highest BCUT2D eigenvalue weighted by atomic mass is 15.2. The number of pyridine rings is 1. The number of fused-ring (bicyclic) bond motifs is 1. The molecule has 0 aliphatic carbocycles. The monoisotopic (exact) mass is 361 g/mol. The van der Waals surface area contributed by atoms with Crippen molar-refractivity contribution in [3.8, 4) is 0 Å². The Morgan fingerprint density at radius 1 is 1.04 bits per heavy atom. The zero-order valence-electron chi connectivity index (χ0n) is 16.0. The smallest absolute Gasteiger partial charge is 0.0890 e. The molecule has 0 bridgehead atoms. The van der Waals surface area contributed by atoms with Crippen molar-refractivity contribution in [3.63, 3.8) is 0 Å². The van der Waals surface area contributed by atoms with E-state index in [-0.39, 0.29) is 0 Å². The third-order valence-corrected chi connectivity index (χ3v) is 5.44. The first-order chi connectivity index (χ1) is 13.3. The second-order valence-electron chi connectivity index (χ2n) is 7.33. The fourth-order valence-corrected chi connectivity index (χ4v) is 4.12. The first-order valence-corrected chi connectivity index (χ1v) is 9.87. The van der Waals surface area contributed by atoms with Gasteiger partial charge in [0.2, 0.25) is 0 Å². The molecule has 2 aromatic heterocycles. The summed E-state index contributed by atoms with van der Waals surface area (Å²) in [6.07, 6.45) is 9.93. The number of nitrogens with zero attached hydrogens (tertiary/aromatic N) is 5. The molecule has 1 aromatic carbocycles. The molecular weight excluding hydrogens is 334 g/mol. The molecule has 1 saturated heterocycles. The molecule has 140 valence electrons. The molecule has 1 aliphatic heterocycles. The fourth-order valence-electron chi connectivity index (χ4n) is 4.12. The Kier molecular flexibility index (Phi) is 5.70. The van der Waals surface area contributed by atoms with Gasteiger partial charge in [-0.05, 0) is 55.3 Å². The van der Waals surface area contributed by atoms with Crippen LogP contribution in [-0.2, 0) is 13.1 Å². The maximum atomic E-state index is 4.46. The lowest BCUT2D eigenvalue weighted by molar-refractivity contribution is 0.166. The van der Waals surface area contributed by atoms with Gasteiger partial charge in [0.05, 0.1) is 11.0 Å². The van der Waals surface area contributed by atoms with Gasteiger partial charge in [0, 0.05) is 50.5 Å². The number of aromatic nitrogens is 3. The maximum absolute atomic E-state index is 4.46. The van der Waals surface area contributed by atoms with E-state index in [4.69, 9.17) is 0 Å². The lowest BCUT2D eigenvalue weighted by atomic mass is 10.1. The molecule has 1 aliphatic rings. The van der Waals surface area contributed by atoms with Crippen LogP contribution < -0.4 is 0 Å². The molecule has 0 N–H and O–H groups in total. The molecule has 5 heteroatoms. The van der Waals surface area contributed by atoms with E-state index in [1.165, 1.54) is 30.5 Å². The van der Waals surface area contributed by atoms with Gasteiger partial charge >= 0.3 is 0 Å². The first-order valence-electron chi connectivity index (χ1n) is 9.87. The van der Waals surface area contributed by atoms with Gasteiger partial charge in [0.25, 0.3) is 0 Å². The van der Waals surface area contributed by atoms with Gasteiger partial charge in [-0.15, -0.1) is 0 Å². The zero-order valence-corrected chi connectivity index (χ0v) is 16.0. The summed E-state index contributed by atoms with van der Waals surface area (Å²) in [4.78, 5) is 18.3. The van der Waals surface area contributed by atoms with Crippen LogP contribution >= 0.6 is 0 Å². The molecule has 4 rings (SSSR count). The largest absolute Gasteiger partial charge is 0.299 e. The van der Waals surface area contributed by atoms with E-state index >= 15 is 0 Å². The van der Waals surface area contributed by atoms with E-state index in [9.17, 15) is 0 Å². The van der Waals surface area contributed by atoms with Gasteiger partial charge in [-0.2, -0.15) is 0 Å². The van der Waals surface area contributed by atoms with E-state index in [1.54, 1.807) is 12.4 Å². The van der Waals surface area contributed by atoms with Crippen molar-refractivity contribution in [1.29, 1.82) is 0 Å². The standard InChI is InChI=1S/C22H27N5/c1-2-27-12-4-6-20(27)17-26(16-19-5-3-9-23-14-19)15-18-7-8-21-22(13-18)25-11-10-24-21/h3,5,7-11,13-14,20H,2,4,6,12,15-17H2,1H3. The Balaban J connectivity index is 1.54. The summed E-state index contributed by atoms with van der Waals surface area (Å²) in [5, 5.41) is 0. The Hall–Kier alpha value is -2.37. The van der Waals surface area contributed by atoms with Crippen LogP contribution in [0.2, 0.25) is 0 Å². The molecule has 27 heavy (non-hydrogen) atoms. The predicted octanol–water partition coefficient (Wildman–Crippen LogP) is 3.51. The molecule has 3 heterocycles. The van der Waals surface area contributed by atoms with Crippen LogP contribution in [0.15, 0.2) is 55.1 Å². The zero-order chi connectivity index (χ0) is 18.5. The molecule has 1 unspecified atom stereocenters. The van der Waals surface area contributed by atoms with Crippen LogP contribution in [0.5, 0.6) is 0 Å². The maximum Gasteiger partial charge on any atom is 0.0890 e. The second-order valence-corrected chi connectivity index (χ2v) is 7.33. The minimum Gasteiger partial charge on any atom is -0.299 e. The van der Waals surface area contributed by atoms with E-state index in [0.29, 0.717) is 6.04 Å². The van der Waals surface area contributed by atoms with Crippen molar-refractivity contribution in [3.05, 3.63) is 66.2 Å². The van der Waals surface area contributed by atoms with Crippen molar-refractivity contribution < 1.29 is 0 Å². The van der Waals surface area contributed by atoms with Crippen molar-refractivity contribution in [2.45, 2.75) is 38.9 Å². The molecule has 0 saturated carbocycles. The molecule has 5 nitrogen and oxygen atoms in total. The van der Waals surface area contributed by atoms with Crippen molar-refractivity contribution >= 4 is 11.0 Å². The second kappa shape index (κ2) is 8.55. The summed E-state index contributed by atoms with van der Waals surface area (Å²) in [7, 11) is 0. The van der Waals surface area contributed by atoms with Gasteiger partial charge < -0.3 is 0 Å². The van der Waals surface area contributed by atoms with Crippen LogP contribution in [0.4, 0.5) is 0 Å². The van der Waals surface area contributed by atoms with Gasteiger partial charge in [0.1, 0.15) is 0 Å². The average molecular weight is 361 g/mol. The summed E-state index contributed by atoms with van der Waals surface area (Å²) >= 11 is 0. The summed E-state index contributed by atoms with van der Waals surface area (Å²) in [6.45, 7) is 7.55. The van der Waals surface area contributed by atoms with E-state index in [0.717, 1.165) is 37.2 Å². The number of hydrogen-bond donors (Lipinski definition) is 0. The van der Waals surface area contributed by atoms with Gasteiger partial charge in [-0.25, -0.2) is 0 Å². The summed E-state index contributed by atoms with van der Waals surface area (Å²) in [6, 6.07) is 11.3. The van der Waals surface area contributed by atoms with E-state index in [1.807, 2.05) is 18.5 Å². The third-order valence-electron chi connectivity index (χ3n) is 5.44. The molecular formula is C22H27N5. The van der Waals surface area contributed by atoms with Crippen LogP contribution in [0.25, 0.3) is 11.0 Å². The highest BCUT2D eigenvalue weighted by Crippen LogP contribution is 2.21. The van der Waals surface area contributed by atoms with Gasteiger partial charge in [-0.3, -0.25) is 24.8 Å². The lowest BCUT2D eigenvalue weighted by Crippen LogP contribution is -2.39. The summed E-state index contributed by atoms with van der Waals surface area (Å²) in [5.41, 5.74) is 4.47. The van der Waals surface area contributed by atoms with Crippen molar-refractivity contribution in [2.75, 3.05) is 19.6 Å². The van der Waals surface area contributed by atoms with Crippen LogP contribution in [-0.4, -0.2) is 50.4 Å². The Morgan fingerprint density at radius 3 is 2.70 bits per heavy atom. The predicted molar refractivity (Wildman–Crippen MR) is 108 cm³/mol. The van der Waals surface area contributed by atoms with Crippen molar-refractivity contribution in [2.24, 2.45) is 0 Å². The topological polar surface area (TPSA) is 45.2 Å². The van der Waals surface area contributed by atoms with Gasteiger partial charge in [-0.1, -0.05) is 19.1 Å². The fraction of sp³-hybridized carbons (Fsp3) is 0.409. The Labute approximate surface area is 161 Å². The van der Waals surface area contributed by atoms with Gasteiger partial charge in [0.15, 0.2) is 0 Å². The molecule has 3 aromatic rings. The van der Waals surface area contributed by atoms with Crippen LogP contribution in [0, 0.1) is 0 Å². The minimum atomic E-state index is 0.645. The minimum absolute atomic E-state index is 0.645. The number of benzene rings is 1. The molecule has 1 fully saturated rings. The summed E-state index contributed by atoms with van der Waals surface area (Å²) in [5.74, 6) is 0. The van der Waals surface area contributed by atoms with Crippen LogP contribution in [0.3, 0.4) is 0 Å². The number of rotatable bonds is 7. The quantitative estimate of drug-likeness (QED) is 0.644. The van der Waals surface area contributed by atoms with E-state index < -0.39 is 0 Å². The lowest BCUT2D eigenvalue weighted by Gasteiger charge is -2.30.